The smallest absolute Gasteiger partial charge is 0.142 e. The highest BCUT2D eigenvalue weighted by atomic mass is 32.2. The van der Waals surface area contributed by atoms with E-state index in [1.807, 2.05) is 11.8 Å². The first-order chi connectivity index (χ1) is 8.24. The van der Waals surface area contributed by atoms with Crippen molar-refractivity contribution in [3.63, 3.8) is 0 Å². The van der Waals surface area contributed by atoms with Crippen molar-refractivity contribution in [3.05, 3.63) is 16.8 Å². The predicted molar refractivity (Wildman–Crippen MR) is 77.7 cm³/mol. The molecule has 2 N–H and O–H groups in total. The maximum atomic E-state index is 5.98. The van der Waals surface area contributed by atoms with Gasteiger partial charge in [-0.3, -0.25) is 0 Å². The lowest BCUT2D eigenvalue weighted by Crippen LogP contribution is -1.98. The van der Waals surface area contributed by atoms with Crippen LogP contribution >= 0.6 is 23.1 Å². The summed E-state index contributed by atoms with van der Waals surface area (Å²) in [6, 6.07) is 2.11. The number of hydrogen-bond donors (Lipinski definition) is 1. The van der Waals surface area contributed by atoms with Crippen LogP contribution in [0.2, 0.25) is 0 Å². The average Bonchev–Trinajstić information content (AvgIpc) is 2.73. The van der Waals surface area contributed by atoms with E-state index in [-0.39, 0.29) is 0 Å². The number of fused-ring (bicyclic) bond motifs is 1. The molecule has 0 aromatic carbocycles. The Balaban J connectivity index is 2.27. The van der Waals surface area contributed by atoms with Gasteiger partial charge in [-0.05, 0) is 24.7 Å². The molecule has 0 unspecified atom stereocenters. The van der Waals surface area contributed by atoms with E-state index < -0.39 is 0 Å². The van der Waals surface area contributed by atoms with Crippen LogP contribution in [0, 0.1) is 0 Å². The Morgan fingerprint density at radius 2 is 2.18 bits per heavy atom. The van der Waals surface area contributed by atoms with Gasteiger partial charge in [-0.1, -0.05) is 13.8 Å². The number of hydrogen-bond acceptors (Lipinski definition) is 5. The third-order valence-electron chi connectivity index (χ3n) is 2.45. The van der Waals surface area contributed by atoms with Gasteiger partial charge in [0.1, 0.15) is 16.5 Å². The van der Waals surface area contributed by atoms with Crippen molar-refractivity contribution >= 4 is 39.1 Å². The summed E-state index contributed by atoms with van der Waals surface area (Å²) in [6.45, 7) is 4.32. The van der Waals surface area contributed by atoms with Crippen LogP contribution in [0.4, 0.5) is 5.82 Å². The molecule has 92 valence electrons. The Morgan fingerprint density at radius 1 is 1.35 bits per heavy atom. The molecule has 2 heterocycles. The first-order valence-electron chi connectivity index (χ1n) is 5.87. The SMILES string of the molecule is CCCSCc1nc(N)c2cc(CC)sc2n1. The second kappa shape index (κ2) is 5.69. The normalized spacial score (nSPS) is 11.2. The summed E-state index contributed by atoms with van der Waals surface area (Å²) in [4.78, 5) is 11.3. The minimum atomic E-state index is 0.623. The quantitative estimate of drug-likeness (QED) is 0.843. The van der Waals surface area contributed by atoms with Gasteiger partial charge in [0, 0.05) is 4.88 Å². The maximum Gasteiger partial charge on any atom is 0.142 e. The fraction of sp³-hybridized carbons (Fsp3) is 0.500. The van der Waals surface area contributed by atoms with Crippen LogP contribution in [0.1, 0.15) is 31.0 Å². The number of thioether (sulfide) groups is 1. The summed E-state index contributed by atoms with van der Waals surface area (Å²) in [7, 11) is 0. The summed E-state index contributed by atoms with van der Waals surface area (Å²) in [5.41, 5.74) is 5.98. The zero-order valence-corrected chi connectivity index (χ0v) is 11.8. The minimum absolute atomic E-state index is 0.623. The average molecular weight is 267 g/mol. The molecule has 5 heteroatoms. The number of anilines is 1. The molecule has 17 heavy (non-hydrogen) atoms. The molecule has 0 spiro atoms. The van der Waals surface area contributed by atoms with Gasteiger partial charge in [0.25, 0.3) is 0 Å². The first kappa shape index (κ1) is 12.6. The van der Waals surface area contributed by atoms with E-state index in [1.165, 1.54) is 11.3 Å². The predicted octanol–water partition coefficient (Wildman–Crippen LogP) is 3.48. The zero-order valence-electron chi connectivity index (χ0n) is 10.2. The van der Waals surface area contributed by atoms with Crippen LogP contribution in [-0.2, 0) is 12.2 Å². The lowest BCUT2D eigenvalue weighted by atomic mass is 10.3. The van der Waals surface area contributed by atoms with E-state index in [0.717, 1.165) is 34.0 Å². The second-order valence-corrected chi connectivity index (χ2v) is 6.08. The van der Waals surface area contributed by atoms with E-state index in [9.17, 15) is 0 Å². The van der Waals surface area contributed by atoms with Gasteiger partial charge in [-0.25, -0.2) is 9.97 Å². The van der Waals surface area contributed by atoms with Crippen LogP contribution in [0.5, 0.6) is 0 Å². The fourth-order valence-corrected chi connectivity index (χ4v) is 3.32. The summed E-state index contributed by atoms with van der Waals surface area (Å²) < 4.78 is 0. The highest BCUT2D eigenvalue weighted by Crippen LogP contribution is 2.28. The molecule has 0 radical (unpaired) electrons. The third-order valence-corrected chi connectivity index (χ3v) is 4.78. The molecule has 0 atom stereocenters. The molecule has 0 amide bonds. The molecule has 2 rings (SSSR count). The van der Waals surface area contributed by atoms with Crippen molar-refractivity contribution in [2.24, 2.45) is 0 Å². The molecule has 0 fully saturated rings. The third kappa shape index (κ3) is 2.90. The largest absolute Gasteiger partial charge is 0.383 e. The highest BCUT2D eigenvalue weighted by molar-refractivity contribution is 7.98. The Kier molecular flexibility index (Phi) is 4.23. The molecule has 3 nitrogen and oxygen atoms in total. The summed E-state index contributed by atoms with van der Waals surface area (Å²) in [6.07, 6.45) is 2.21. The molecule has 2 aromatic heterocycles. The van der Waals surface area contributed by atoms with Crippen molar-refractivity contribution in [1.82, 2.24) is 9.97 Å². The van der Waals surface area contributed by atoms with Gasteiger partial charge >= 0.3 is 0 Å². The second-order valence-electron chi connectivity index (χ2n) is 3.86. The van der Waals surface area contributed by atoms with E-state index in [1.54, 1.807) is 11.3 Å². The number of aryl methyl sites for hydroxylation is 1. The number of thiophene rings is 1. The van der Waals surface area contributed by atoms with Crippen molar-refractivity contribution in [3.8, 4) is 0 Å². The number of nitrogens with zero attached hydrogens (tertiary/aromatic N) is 2. The number of nitrogen functional groups attached to an aromatic ring is 1. The van der Waals surface area contributed by atoms with Crippen LogP contribution in [0.15, 0.2) is 6.07 Å². The Morgan fingerprint density at radius 3 is 2.88 bits per heavy atom. The van der Waals surface area contributed by atoms with Crippen molar-refractivity contribution in [2.75, 3.05) is 11.5 Å². The van der Waals surface area contributed by atoms with E-state index in [2.05, 4.69) is 29.9 Å². The van der Waals surface area contributed by atoms with Gasteiger partial charge in [-0.2, -0.15) is 11.8 Å². The van der Waals surface area contributed by atoms with Gasteiger partial charge in [0.2, 0.25) is 0 Å². The topological polar surface area (TPSA) is 51.8 Å². The molecule has 0 aliphatic rings. The molecular weight excluding hydrogens is 250 g/mol. The van der Waals surface area contributed by atoms with E-state index in [4.69, 9.17) is 5.73 Å². The molecule has 0 bridgehead atoms. The highest BCUT2D eigenvalue weighted by Gasteiger charge is 2.08. The van der Waals surface area contributed by atoms with Gasteiger partial charge in [0.05, 0.1) is 11.1 Å². The standard InChI is InChI=1S/C12H17N3S2/c1-3-5-16-7-10-14-11(13)9-6-8(4-2)17-12(9)15-10/h6H,3-5,7H2,1-2H3,(H2,13,14,15). The van der Waals surface area contributed by atoms with Crippen LogP contribution in [0.3, 0.4) is 0 Å². The molecule has 2 aromatic rings. The Bertz CT molecular complexity index is 508. The van der Waals surface area contributed by atoms with Gasteiger partial charge < -0.3 is 5.73 Å². The van der Waals surface area contributed by atoms with Crippen LogP contribution in [-0.4, -0.2) is 15.7 Å². The Hall–Kier alpha value is -0.810. The number of nitrogens with two attached hydrogens (primary N) is 1. The maximum absolute atomic E-state index is 5.98. The van der Waals surface area contributed by atoms with E-state index >= 15 is 0 Å². The van der Waals surface area contributed by atoms with Crippen molar-refractivity contribution in [2.45, 2.75) is 32.4 Å². The zero-order chi connectivity index (χ0) is 12.3. The number of aromatic nitrogens is 2. The van der Waals surface area contributed by atoms with Crippen LogP contribution < -0.4 is 5.73 Å². The first-order valence-corrected chi connectivity index (χ1v) is 7.84. The summed E-state index contributed by atoms with van der Waals surface area (Å²) >= 11 is 3.58. The summed E-state index contributed by atoms with van der Waals surface area (Å²) in [5.74, 6) is 3.48. The molecule has 0 saturated carbocycles. The lowest BCUT2D eigenvalue weighted by molar-refractivity contribution is 1.07. The summed E-state index contributed by atoms with van der Waals surface area (Å²) in [5, 5.41) is 1.01. The molecule has 0 saturated heterocycles. The molecule has 0 aliphatic carbocycles. The Labute approximate surface area is 110 Å². The fourth-order valence-electron chi connectivity index (χ4n) is 1.59. The van der Waals surface area contributed by atoms with Gasteiger partial charge in [-0.15, -0.1) is 11.3 Å². The van der Waals surface area contributed by atoms with Crippen molar-refractivity contribution in [1.29, 1.82) is 0 Å². The monoisotopic (exact) mass is 267 g/mol. The lowest BCUT2D eigenvalue weighted by Gasteiger charge is -2.01. The van der Waals surface area contributed by atoms with Crippen LogP contribution in [0.25, 0.3) is 10.2 Å². The van der Waals surface area contributed by atoms with E-state index in [0.29, 0.717) is 5.82 Å². The molecule has 0 aliphatic heterocycles. The number of rotatable bonds is 5. The van der Waals surface area contributed by atoms with Gasteiger partial charge in [0.15, 0.2) is 0 Å². The van der Waals surface area contributed by atoms with Crippen molar-refractivity contribution < 1.29 is 0 Å². The molecular formula is C12H17N3S2. The minimum Gasteiger partial charge on any atom is -0.383 e.